The highest BCUT2D eigenvalue weighted by molar-refractivity contribution is 9.10. The van der Waals surface area contributed by atoms with Crippen LogP contribution in [-0.4, -0.2) is 38.9 Å². The highest BCUT2D eigenvalue weighted by Crippen LogP contribution is 2.30. The van der Waals surface area contributed by atoms with E-state index in [9.17, 15) is 4.79 Å². The van der Waals surface area contributed by atoms with E-state index in [4.69, 9.17) is 9.47 Å². The van der Waals surface area contributed by atoms with E-state index in [0.29, 0.717) is 11.5 Å². The number of amides is 1. The number of methoxy groups -OCH3 is 1. The van der Waals surface area contributed by atoms with Gasteiger partial charge in [0.2, 0.25) is 0 Å². The molecule has 0 spiro atoms. The molecule has 0 heterocycles. The van der Waals surface area contributed by atoms with Crippen molar-refractivity contribution in [3.8, 4) is 11.5 Å². The fraction of sp³-hybridized carbons (Fsp3) is 0.300. The molecule has 0 aromatic heterocycles. The molecule has 6 nitrogen and oxygen atoms in total. The first kappa shape index (κ1) is 20.8. The lowest BCUT2D eigenvalue weighted by atomic mass is 10.2. The number of carbonyl (C=O) groups is 1. The maximum absolute atomic E-state index is 11.9. The average molecular weight is 434 g/mol. The summed E-state index contributed by atoms with van der Waals surface area (Å²) in [5, 5.41) is 3.97. The van der Waals surface area contributed by atoms with Crippen molar-refractivity contribution >= 4 is 33.7 Å². The number of hydrazone groups is 1. The van der Waals surface area contributed by atoms with Gasteiger partial charge in [0, 0.05) is 23.2 Å². The highest BCUT2D eigenvalue weighted by atomic mass is 79.9. The van der Waals surface area contributed by atoms with Gasteiger partial charge in [-0.2, -0.15) is 5.10 Å². The minimum Gasteiger partial charge on any atom is -0.493 e. The zero-order valence-corrected chi connectivity index (χ0v) is 17.3. The second kappa shape index (κ2) is 10.6. The maximum Gasteiger partial charge on any atom is 0.277 e. The third-order valence-corrected chi connectivity index (χ3v) is 4.40. The zero-order valence-electron chi connectivity index (χ0n) is 15.7. The molecule has 0 radical (unpaired) electrons. The Morgan fingerprint density at radius 3 is 2.48 bits per heavy atom. The minimum atomic E-state index is -0.351. The predicted molar refractivity (Wildman–Crippen MR) is 112 cm³/mol. The van der Waals surface area contributed by atoms with Crippen molar-refractivity contribution in [2.24, 2.45) is 5.10 Å². The van der Waals surface area contributed by atoms with Gasteiger partial charge in [0.1, 0.15) is 0 Å². The lowest BCUT2D eigenvalue weighted by molar-refractivity contribution is -0.123. The van der Waals surface area contributed by atoms with Crippen LogP contribution in [0.15, 0.2) is 52.0 Å². The quantitative estimate of drug-likeness (QED) is 0.481. The Kier molecular flexibility index (Phi) is 8.13. The van der Waals surface area contributed by atoms with Gasteiger partial charge >= 0.3 is 0 Å². The van der Waals surface area contributed by atoms with E-state index in [1.165, 1.54) is 0 Å². The predicted octanol–water partition coefficient (Wildman–Crippen LogP) is 3.83. The SMILES string of the molecule is CCN(CC)c1ccc(/C=N/NC(=O)COc2ccc(Br)cc2OC)cc1. The molecule has 2 aromatic carbocycles. The Morgan fingerprint density at radius 1 is 1.15 bits per heavy atom. The normalized spacial score (nSPS) is 10.7. The number of ether oxygens (including phenoxy) is 2. The van der Waals surface area contributed by atoms with E-state index in [0.717, 1.165) is 28.8 Å². The van der Waals surface area contributed by atoms with Gasteiger partial charge in [-0.3, -0.25) is 4.79 Å². The molecule has 0 saturated heterocycles. The lowest BCUT2D eigenvalue weighted by Gasteiger charge is -2.20. The van der Waals surface area contributed by atoms with Crippen molar-refractivity contribution in [3.05, 3.63) is 52.5 Å². The van der Waals surface area contributed by atoms with Gasteiger partial charge in [0.25, 0.3) is 5.91 Å². The first-order chi connectivity index (χ1) is 13.1. The van der Waals surface area contributed by atoms with Crippen LogP contribution in [0.4, 0.5) is 5.69 Å². The fourth-order valence-electron chi connectivity index (χ4n) is 2.48. The summed E-state index contributed by atoms with van der Waals surface area (Å²) in [4.78, 5) is 14.1. The van der Waals surface area contributed by atoms with Crippen molar-refractivity contribution in [3.63, 3.8) is 0 Å². The van der Waals surface area contributed by atoms with E-state index in [1.54, 1.807) is 25.5 Å². The van der Waals surface area contributed by atoms with Crippen LogP contribution in [-0.2, 0) is 4.79 Å². The maximum atomic E-state index is 11.9. The van der Waals surface area contributed by atoms with Crippen molar-refractivity contribution in [2.45, 2.75) is 13.8 Å². The molecule has 0 aliphatic rings. The van der Waals surface area contributed by atoms with Gasteiger partial charge in [-0.15, -0.1) is 0 Å². The van der Waals surface area contributed by atoms with E-state index in [2.05, 4.69) is 45.2 Å². The smallest absolute Gasteiger partial charge is 0.277 e. The van der Waals surface area contributed by atoms with E-state index < -0.39 is 0 Å². The Labute approximate surface area is 168 Å². The molecular formula is C20H24BrN3O3. The van der Waals surface area contributed by atoms with Crippen LogP contribution in [0.5, 0.6) is 11.5 Å². The van der Waals surface area contributed by atoms with Crippen LogP contribution in [0.25, 0.3) is 0 Å². The number of anilines is 1. The van der Waals surface area contributed by atoms with Gasteiger partial charge in [-0.1, -0.05) is 28.1 Å². The topological polar surface area (TPSA) is 63.2 Å². The van der Waals surface area contributed by atoms with E-state index in [1.807, 2.05) is 30.3 Å². The molecule has 0 saturated carbocycles. The molecule has 1 amide bonds. The van der Waals surface area contributed by atoms with Crippen molar-refractivity contribution < 1.29 is 14.3 Å². The molecule has 0 atom stereocenters. The van der Waals surface area contributed by atoms with Gasteiger partial charge in [0.05, 0.1) is 13.3 Å². The number of nitrogens with zero attached hydrogens (tertiary/aromatic N) is 2. The third-order valence-electron chi connectivity index (χ3n) is 3.91. The first-order valence-corrected chi connectivity index (χ1v) is 9.49. The summed E-state index contributed by atoms with van der Waals surface area (Å²) in [6, 6.07) is 13.3. The molecule has 1 N–H and O–H groups in total. The lowest BCUT2D eigenvalue weighted by Crippen LogP contribution is -2.24. The Bertz CT molecular complexity index is 775. The number of halogens is 1. The number of rotatable bonds is 9. The van der Waals surface area contributed by atoms with Crippen LogP contribution in [0.3, 0.4) is 0 Å². The van der Waals surface area contributed by atoms with Gasteiger partial charge < -0.3 is 14.4 Å². The average Bonchev–Trinajstić information content (AvgIpc) is 2.69. The minimum absolute atomic E-state index is 0.157. The number of carbonyl (C=O) groups excluding carboxylic acids is 1. The monoisotopic (exact) mass is 433 g/mol. The number of benzene rings is 2. The van der Waals surface area contributed by atoms with Crippen LogP contribution in [0.1, 0.15) is 19.4 Å². The summed E-state index contributed by atoms with van der Waals surface area (Å²) in [6.07, 6.45) is 1.60. The molecule has 7 heteroatoms. The standard InChI is InChI=1S/C20H24BrN3O3/c1-4-24(5-2)17-9-6-15(7-10-17)13-22-23-20(25)14-27-18-11-8-16(21)12-19(18)26-3/h6-13H,4-5,14H2,1-3H3,(H,23,25)/b22-13+. The molecule has 2 rings (SSSR count). The largest absolute Gasteiger partial charge is 0.493 e. The summed E-state index contributed by atoms with van der Waals surface area (Å²) in [5.74, 6) is 0.691. The molecule has 0 unspecified atom stereocenters. The summed E-state index contributed by atoms with van der Waals surface area (Å²) in [6.45, 7) is 6.02. The molecule has 0 aliphatic heterocycles. The molecule has 144 valence electrons. The van der Waals surface area contributed by atoms with Crippen molar-refractivity contribution in [1.82, 2.24) is 5.43 Å². The molecule has 0 fully saturated rings. The first-order valence-electron chi connectivity index (χ1n) is 8.70. The Morgan fingerprint density at radius 2 is 1.85 bits per heavy atom. The van der Waals surface area contributed by atoms with Crippen molar-refractivity contribution in [2.75, 3.05) is 31.7 Å². The fourth-order valence-corrected chi connectivity index (χ4v) is 2.82. The second-order valence-corrected chi connectivity index (χ2v) is 6.56. The number of nitrogens with one attached hydrogen (secondary N) is 1. The molecule has 27 heavy (non-hydrogen) atoms. The molecular weight excluding hydrogens is 410 g/mol. The van der Waals surface area contributed by atoms with Gasteiger partial charge in [-0.25, -0.2) is 5.43 Å². The van der Waals surface area contributed by atoms with Crippen LogP contribution in [0.2, 0.25) is 0 Å². The van der Waals surface area contributed by atoms with Gasteiger partial charge in [-0.05, 0) is 49.7 Å². The number of hydrogen-bond donors (Lipinski definition) is 1. The summed E-state index contributed by atoms with van der Waals surface area (Å²) < 4.78 is 11.6. The van der Waals surface area contributed by atoms with Gasteiger partial charge in [0.15, 0.2) is 18.1 Å². The Hall–Kier alpha value is -2.54. The van der Waals surface area contributed by atoms with Crippen molar-refractivity contribution in [1.29, 1.82) is 0 Å². The molecule has 0 bridgehead atoms. The zero-order chi connectivity index (χ0) is 19.6. The van der Waals surface area contributed by atoms with Crippen LogP contribution >= 0.6 is 15.9 Å². The number of hydrogen-bond acceptors (Lipinski definition) is 5. The Balaban J connectivity index is 1.84. The van der Waals surface area contributed by atoms with Crippen LogP contribution < -0.4 is 19.8 Å². The molecule has 2 aromatic rings. The van der Waals surface area contributed by atoms with E-state index in [-0.39, 0.29) is 12.5 Å². The highest BCUT2D eigenvalue weighted by Gasteiger charge is 2.07. The summed E-state index contributed by atoms with van der Waals surface area (Å²) in [7, 11) is 1.55. The van der Waals surface area contributed by atoms with Crippen LogP contribution in [0, 0.1) is 0 Å². The van der Waals surface area contributed by atoms with E-state index >= 15 is 0 Å². The summed E-state index contributed by atoms with van der Waals surface area (Å²) >= 11 is 3.36. The summed E-state index contributed by atoms with van der Waals surface area (Å²) in [5.41, 5.74) is 4.52. The second-order valence-electron chi connectivity index (χ2n) is 5.64. The molecule has 0 aliphatic carbocycles. The third kappa shape index (κ3) is 6.29.